The predicted molar refractivity (Wildman–Crippen MR) is 86.3 cm³/mol. The summed E-state index contributed by atoms with van der Waals surface area (Å²) in [7, 11) is 0. The summed E-state index contributed by atoms with van der Waals surface area (Å²) in [5, 5.41) is 4.19. The van der Waals surface area contributed by atoms with Crippen LogP contribution in [-0.2, 0) is 14.4 Å². The van der Waals surface area contributed by atoms with Gasteiger partial charge >= 0.3 is 5.97 Å². The van der Waals surface area contributed by atoms with Gasteiger partial charge in [0.25, 0.3) is 5.91 Å². The molecule has 5 heteroatoms. The number of carbonyl (C=O) groups excluding carboxylic acids is 2. The van der Waals surface area contributed by atoms with E-state index in [9.17, 15) is 9.59 Å². The maximum absolute atomic E-state index is 12.5. The summed E-state index contributed by atoms with van der Waals surface area (Å²) in [4.78, 5) is 30.3. The maximum atomic E-state index is 12.5. The van der Waals surface area contributed by atoms with Gasteiger partial charge < -0.3 is 10.2 Å². The van der Waals surface area contributed by atoms with Crippen molar-refractivity contribution >= 4 is 11.9 Å². The van der Waals surface area contributed by atoms with Crippen LogP contribution >= 0.6 is 0 Å². The van der Waals surface area contributed by atoms with Gasteiger partial charge in [0.2, 0.25) is 0 Å². The van der Waals surface area contributed by atoms with Crippen molar-refractivity contribution in [3.8, 4) is 0 Å². The summed E-state index contributed by atoms with van der Waals surface area (Å²) >= 11 is 0. The zero-order valence-electron chi connectivity index (χ0n) is 14.3. The second-order valence-corrected chi connectivity index (χ2v) is 5.90. The zero-order valence-corrected chi connectivity index (χ0v) is 14.3. The number of dihydropyridines is 1. The fraction of sp³-hybridized carbons (Fsp3) is 0.647. The number of hydroxylamine groups is 2. The smallest absolute Gasteiger partial charge is 0.335 e. The van der Waals surface area contributed by atoms with Gasteiger partial charge in [0, 0.05) is 11.3 Å². The van der Waals surface area contributed by atoms with Crippen molar-refractivity contribution in [1.82, 2.24) is 10.4 Å². The number of carbonyl (C=O) groups is 2. The number of hydrogen-bond donors (Lipinski definition) is 1. The highest BCUT2D eigenvalue weighted by Gasteiger charge is 2.28. The van der Waals surface area contributed by atoms with Crippen molar-refractivity contribution in [3.63, 3.8) is 0 Å². The van der Waals surface area contributed by atoms with Crippen molar-refractivity contribution < 1.29 is 14.4 Å². The minimum Gasteiger partial charge on any atom is -0.365 e. The molecule has 0 saturated carbocycles. The number of allylic oxidation sites excluding steroid dienone is 2. The molecule has 0 fully saturated rings. The van der Waals surface area contributed by atoms with Crippen LogP contribution in [0.25, 0.3) is 0 Å². The van der Waals surface area contributed by atoms with Crippen molar-refractivity contribution in [3.05, 3.63) is 23.5 Å². The van der Waals surface area contributed by atoms with E-state index in [-0.39, 0.29) is 23.7 Å². The first kappa shape index (κ1) is 18.3. The lowest BCUT2D eigenvalue weighted by molar-refractivity contribution is -0.200. The third-order valence-corrected chi connectivity index (χ3v) is 3.87. The van der Waals surface area contributed by atoms with Gasteiger partial charge in [0.1, 0.15) is 0 Å². The third kappa shape index (κ3) is 4.61. The van der Waals surface area contributed by atoms with Crippen LogP contribution in [0.3, 0.4) is 0 Å². The second kappa shape index (κ2) is 8.61. The Balaban J connectivity index is 2.79. The molecule has 0 aromatic heterocycles. The lowest BCUT2D eigenvalue weighted by Crippen LogP contribution is -2.38. The molecule has 1 atom stereocenters. The highest BCUT2D eigenvalue weighted by Crippen LogP contribution is 2.21. The summed E-state index contributed by atoms with van der Waals surface area (Å²) < 4.78 is 0. The van der Waals surface area contributed by atoms with Gasteiger partial charge in [-0.15, -0.1) is 0 Å². The van der Waals surface area contributed by atoms with Crippen LogP contribution in [0, 0.1) is 11.8 Å². The summed E-state index contributed by atoms with van der Waals surface area (Å²) in [5.74, 6) is -0.540. The fourth-order valence-corrected chi connectivity index (χ4v) is 2.46. The molecule has 1 aliphatic rings. The van der Waals surface area contributed by atoms with E-state index < -0.39 is 0 Å². The predicted octanol–water partition coefficient (Wildman–Crippen LogP) is 3.15. The molecule has 1 rings (SSSR count). The van der Waals surface area contributed by atoms with E-state index in [4.69, 9.17) is 4.84 Å². The van der Waals surface area contributed by atoms with E-state index in [2.05, 4.69) is 5.32 Å². The quantitative estimate of drug-likeness (QED) is 0.766. The summed E-state index contributed by atoms with van der Waals surface area (Å²) in [6.07, 6.45) is 5.92. The number of amides is 1. The minimum absolute atomic E-state index is 0.175. The molecule has 1 unspecified atom stereocenters. The van der Waals surface area contributed by atoms with E-state index in [1.165, 1.54) is 5.06 Å². The van der Waals surface area contributed by atoms with Gasteiger partial charge in [-0.2, -0.15) is 5.06 Å². The van der Waals surface area contributed by atoms with E-state index in [0.717, 1.165) is 18.5 Å². The molecular weight excluding hydrogens is 280 g/mol. The standard InChI is InChI=1S/C17H28N2O3/c1-6-9-14(12(3)4)17(21)22-19(7-2)16(20)15-10-8-11-18-13(15)5/h8,11-12,14,18H,6-7,9-10H2,1-5H3. The molecule has 0 aromatic carbocycles. The molecule has 22 heavy (non-hydrogen) atoms. The molecule has 0 radical (unpaired) electrons. The van der Waals surface area contributed by atoms with Gasteiger partial charge in [-0.25, -0.2) is 4.79 Å². The largest absolute Gasteiger partial charge is 0.365 e. The number of nitrogens with one attached hydrogen (secondary N) is 1. The molecule has 1 heterocycles. The summed E-state index contributed by atoms with van der Waals surface area (Å²) in [6, 6.07) is 0. The van der Waals surface area contributed by atoms with Gasteiger partial charge in [0.15, 0.2) is 0 Å². The Kier molecular flexibility index (Phi) is 7.15. The molecule has 0 saturated heterocycles. The van der Waals surface area contributed by atoms with E-state index in [1.54, 1.807) is 6.92 Å². The molecule has 1 aliphatic heterocycles. The topological polar surface area (TPSA) is 58.6 Å². The Morgan fingerprint density at radius 3 is 2.55 bits per heavy atom. The number of hydrogen-bond acceptors (Lipinski definition) is 4. The molecule has 0 bridgehead atoms. The highest BCUT2D eigenvalue weighted by atomic mass is 16.7. The second-order valence-electron chi connectivity index (χ2n) is 5.90. The van der Waals surface area contributed by atoms with E-state index in [1.807, 2.05) is 40.0 Å². The Morgan fingerprint density at radius 1 is 1.36 bits per heavy atom. The fourth-order valence-electron chi connectivity index (χ4n) is 2.46. The molecule has 1 amide bonds. The number of nitrogens with zero attached hydrogens (tertiary/aromatic N) is 1. The van der Waals surface area contributed by atoms with Gasteiger partial charge in [-0.05, 0) is 38.8 Å². The first-order chi connectivity index (χ1) is 10.4. The van der Waals surface area contributed by atoms with Gasteiger partial charge in [-0.1, -0.05) is 33.3 Å². The van der Waals surface area contributed by atoms with E-state index >= 15 is 0 Å². The Bertz CT molecular complexity index is 467. The normalized spacial score (nSPS) is 15.5. The van der Waals surface area contributed by atoms with Gasteiger partial charge in [0.05, 0.1) is 12.5 Å². The zero-order chi connectivity index (χ0) is 16.7. The Morgan fingerprint density at radius 2 is 2.05 bits per heavy atom. The van der Waals surface area contributed by atoms with Crippen LogP contribution in [-0.4, -0.2) is 23.5 Å². The summed E-state index contributed by atoms with van der Waals surface area (Å²) in [5.41, 5.74) is 1.43. The molecule has 5 nitrogen and oxygen atoms in total. The molecule has 124 valence electrons. The molecule has 0 aromatic rings. The van der Waals surface area contributed by atoms with E-state index in [0.29, 0.717) is 18.5 Å². The lowest BCUT2D eigenvalue weighted by Gasteiger charge is -2.26. The van der Waals surface area contributed by atoms with Crippen molar-refractivity contribution in [2.45, 2.75) is 53.9 Å². The lowest BCUT2D eigenvalue weighted by atomic mass is 9.92. The minimum atomic E-state index is -0.315. The highest BCUT2D eigenvalue weighted by molar-refractivity contribution is 5.94. The van der Waals surface area contributed by atoms with Crippen molar-refractivity contribution in [1.29, 1.82) is 0 Å². The van der Waals surface area contributed by atoms with Crippen LogP contribution in [0.15, 0.2) is 23.5 Å². The average Bonchev–Trinajstić information content (AvgIpc) is 2.49. The Hall–Kier alpha value is -1.78. The molecular formula is C17H28N2O3. The monoisotopic (exact) mass is 308 g/mol. The third-order valence-electron chi connectivity index (χ3n) is 3.87. The van der Waals surface area contributed by atoms with Crippen LogP contribution in [0.1, 0.15) is 53.9 Å². The maximum Gasteiger partial charge on any atom is 0.335 e. The molecule has 0 aliphatic carbocycles. The van der Waals surface area contributed by atoms with Crippen LogP contribution in [0.2, 0.25) is 0 Å². The molecule has 1 N–H and O–H groups in total. The van der Waals surface area contributed by atoms with Crippen molar-refractivity contribution in [2.75, 3.05) is 6.54 Å². The summed E-state index contributed by atoms with van der Waals surface area (Å²) in [6.45, 7) is 10.0. The first-order valence-corrected chi connectivity index (χ1v) is 8.07. The SMILES string of the molecule is CCCC(C(=O)ON(CC)C(=O)C1=C(C)NC=CC1)C(C)C. The molecule has 0 spiro atoms. The number of likely N-dealkylation sites (N-methyl/N-ethyl adjacent to an activating group) is 1. The van der Waals surface area contributed by atoms with Crippen LogP contribution in [0.5, 0.6) is 0 Å². The average molecular weight is 308 g/mol. The van der Waals surface area contributed by atoms with Crippen LogP contribution < -0.4 is 5.32 Å². The first-order valence-electron chi connectivity index (χ1n) is 8.07. The Labute approximate surface area is 133 Å². The number of rotatable bonds is 6. The van der Waals surface area contributed by atoms with Crippen LogP contribution in [0.4, 0.5) is 0 Å². The van der Waals surface area contributed by atoms with Crippen molar-refractivity contribution in [2.24, 2.45) is 11.8 Å². The van der Waals surface area contributed by atoms with Gasteiger partial charge in [-0.3, -0.25) is 4.79 Å².